The van der Waals surface area contributed by atoms with E-state index < -0.39 is 23.8 Å². The zero-order chi connectivity index (χ0) is 13.0. The highest BCUT2D eigenvalue weighted by atomic mass is 16.4. The van der Waals surface area contributed by atoms with Crippen LogP contribution in [0.15, 0.2) is 0 Å². The van der Waals surface area contributed by atoms with Crippen LogP contribution >= 0.6 is 0 Å². The molecule has 1 aliphatic rings. The number of carboxylic acid groups (broad SMARTS) is 2. The lowest BCUT2D eigenvalue weighted by atomic mass is 9.85. The number of piperidine rings is 1. The number of likely N-dealkylation sites (tertiary alicyclic amines) is 1. The molecule has 1 aliphatic heterocycles. The van der Waals surface area contributed by atoms with E-state index in [2.05, 4.69) is 0 Å². The van der Waals surface area contributed by atoms with Crippen LogP contribution in [0.1, 0.15) is 6.42 Å². The Kier molecular flexibility index (Phi) is 4.89. The van der Waals surface area contributed by atoms with Crippen LogP contribution in [0.4, 0.5) is 0 Å². The SMILES string of the molecule is CN(C)CCN1CCC(C(=O)O)C(C(=O)O)C1. The highest BCUT2D eigenvalue weighted by Gasteiger charge is 2.38. The van der Waals surface area contributed by atoms with E-state index in [-0.39, 0.29) is 0 Å². The quantitative estimate of drug-likeness (QED) is 0.688. The molecule has 0 saturated carbocycles. The average molecular weight is 244 g/mol. The third kappa shape index (κ3) is 3.98. The predicted molar refractivity (Wildman–Crippen MR) is 61.9 cm³/mol. The van der Waals surface area contributed by atoms with Crippen molar-refractivity contribution in [3.05, 3.63) is 0 Å². The number of likely N-dealkylation sites (N-methyl/N-ethyl adjacent to an activating group) is 1. The van der Waals surface area contributed by atoms with Crippen LogP contribution in [-0.4, -0.2) is 72.2 Å². The molecule has 0 spiro atoms. The molecule has 17 heavy (non-hydrogen) atoms. The molecule has 98 valence electrons. The van der Waals surface area contributed by atoms with Crippen molar-refractivity contribution in [2.24, 2.45) is 11.8 Å². The maximum absolute atomic E-state index is 11.1. The van der Waals surface area contributed by atoms with Gasteiger partial charge in [-0.1, -0.05) is 0 Å². The van der Waals surface area contributed by atoms with Crippen LogP contribution in [0.5, 0.6) is 0 Å². The van der Waals surface area contributed by atoms with Gasteiger partial charge in [0.05, 0.1) is 11.8 Å². The van der Waals surface area contributed by atoms with Crippen LogP contribution < -0.4 is 0 Å². The molecule has 1 fully saturated rings. The average Bonchev–Trinajstić information content (AvgIpc) is 2.25. The van der Waals surface area contributed by atoms with Gasteiger partial charge >= 0.3 is 11.9 Å². The van der Waals surface area contributed by atoms with Gasteiger partial charge in [-0.05, 0) is 27.1 Å². The standard InChI is InChI=1S/C11H20N2O4/c1-12(2)5-6-13-4-3-8(10(14)15)9(7-13)11(16)17/h8-9H,3-7H2,1-2H3,(H,14,15)(H,16,17). The summed E-state index contributed by atoms with van der Waals surface area (Å²) >= 11 is 0. The summed E-state index contributed by atoms with van der Waals surface area (Å²) in [6.07, 6.45) is 0.416. The highest BCUT2D eigenvalue weighted by Crippen LogP contribution is 2.24. The minimum Gasteiger partial charge on any atom is -0.481 e. The van der Waals surface area contributed by atoms with Crippen molar-refractivity contribution >= 4 is 11.9 Å². The van der Waals surface area contributed by atoms with E-state index in [4.69, 9.17) is 10.2 Å². The van der Waals surface area contributed by atoms with E-state index in [1.54, 1.807) is 0 Å². The van der Waals surface area contributed by atoms with Gasteiger partial charge in [0, 0.05) is 19.6 Å². The second-order valence-corrected chi connectivity index (χ2v) is 4.78. The van der Waals surface area contributed by atoms with E-state index >= 15 is 0 Å². The summed E-state index contributed by atoms with van der Waals surface area (Å²) in [4.78, 5) is 26.1. The number of hydrogen-bond acceptors (Lipinski definition) is 4. The fourth-order valence-electron chi connectivity index (χ4n) is 2.11. The lowest BCUT2D eigenvalue weighted by Crippen LogP contribution is -2.48. The van der Waals surface area contributed by atoms with E-state index in [1.165, 1.54) is 0 Å². The summed E-state index contributed by atoms with van der Waals surface area (Å²) in [7, 11) is 3.91. The third-order valence-corrected chi connectivity index (χ3v) is 3.19. The second-order valence-electron chi connectivity index (χ2n) is 4.78. The zero-order valence-electron chi connectivity index (χ0n) is 10.3. The van der Waals surface area contributed by atoms with Gasteiger partial charge in [0.2, 0.25) is 0 Å². The van der Waals surface area contributed by atoms with Gasteiger partial charge in [0.15, 0.2) is 0 Å². The summed E-state index contributed by atoms with van der Waals surface area (Å²) in [6, 6.07) is 0. The monoisotopic (exact) mass is 244 g/mol. The van der Waals surface area contributed by atoms with Gasteiger partial charge in [-0.2, -0.15) is 0 Å². The third-order valence-electron chi connectivity index (χ3n) is 3.19. The van der Waals surface area contributed by atoms with Crippen molar-refractivity contribution in [3.8, 4) is 0 Å². The molecular weight excluding hydrogens is 224 g/mol. The van der Waals surface area contributed by atoms with Gasteiger partial charge in [0.25, 0.3) is 0 Å². The molecule has 2 atom stereocenters. The second kappa shape index (κ2) is 5.97. The number of carboxylic acids is 2. The molecule has 1 rings (SSSR count). The van der Waals surface area contributed by atoms with E-state index in [1.807, 2.05) is 23.9 Å². The van der Waals surface area contributed by atoms with Crippen LogP contribution in [0.3, 0.4) is 0 Å². The first-order chi connectivity index (χ1) is 7.91. The van der Waals surface area contributed by atoms with Gasteiger partial charge in [0.1, 0.15) is 0 Å². The maximum atomic E-state index is 11.1. The summed E-state index contributed by atoms with van der Waals surface area (Å²) in [5.41, 5.74) is 0. The van der Waals surface area contributed by atoms with Crippen molar-refractivity contribution in [1.29, 1.82) is 0 Å². The van der Waals surface area contributed by atoms with Crippen molar-refractivity contribution in [2.75, 3.05) is 40.3 Å². The lowest BCUT2D eigenvalue weighted by molar-refractivity contribution is -0.157. The van der Waals surface area contributed by atoms with Gasteiger partial charge < -0.3 is 20.0 Å². The highest BCUT2D eigenvalue weighted by molar-refractivity contribution is 5.80. The lowest BCUT2D eigenvalue weighted by Gasteiger charge is -2.35. The molecule has 0 radical (unpaired) electrons. The molecule has 0 aliphatic carbocycles. The van der Waals surface area contributed by atoms with E-state index in [0.29, 0.717) is 19.5 Å². The predicted octanol–water partition coefficient (Wildman–Crippen LogP) is -0.345. The number of carbonyl (C=O) groups is 2. The van der Waals surface area contributed by atoms with Crippen molar-refractivity contribution in [1.82, 2.24) is 9.80 Å². The number of nitrogens with zero attached hydrogens (tertiary/aromatic N) is 2. The Bertz CT molecular complexity index is 293. The maximum Gasteiger partial charge on any atom is 0.308 e. The Labute approximate surface area is 101 Å². The topological polar surface area (TPSA) is 81.1 Å². The normalized spacial score (nSPS) is 26.1. The molecule has 6 nitrogen and oxygen atoms in total. The first-order valence-electron chi connectivity index (χ1n) is 5.74. The van der Waals surface area contributed by atoms with E-state index in [0.717, 1.165) is 13.1 Å². The zero-order valence-corrected chi connectivity index (χ0v) is 10.3. The Morgan fingerprint density at radius 3 is 2.29 bits per heavy atom. The van der Waals surface area contributed by atoms with Crippen LogP contribution in [-0.2, 0) is 9.59 Å². The van der Waals surface area contributed by atoms with E-state index in [9.17, 15) is 9.59 Å². The van der Waals surface area contributed by atoms with Crippen LogP contribution in [0, 0.1) is 11.8 Å². The first-order valence-corrected chi connectivity index (χ1v) is 5.74. The number of hydrogen-bond donors (Lipinski definition) is 2. The number of rotatable bonds is 5. The van der Waals surface area contributed by atoms with Gasteiger partial charge in [-0.25, -0.2) is 0 Å². The summed E-state index contributed by atoms with van der Waals surface area (Å²) in [5.74, 6) is -3.54. The summed E-state index contributed by atoms with van der Waals surface area (Å²) in [6.45, 7) is 2.63. The number of aliphatic carboxylic acids is 2. The molecule has 1 saturated heterocycles. The Hall–Kier alpha value is -1.14. The molecule has 6 heteroatoms. The molecule has 0 amide bonds. The molecule has 2 N–H and O–H groups in total. The minimum absolute atomic E-state index is 0.333. The Balaban J connectivity index is 2.56. The van der Waals surface area contributed by atoms with Gasteiger partial charge in [-0.15, -0.1) is 0 Å². The first kappa shape index (κ1) is 13.9. The molecule has 0 aromatic heterocycles. The van der Waals surface area contributed by atoms with Crippen molar-refractivity contribution < 1.29 is 19.8 Å². The fourth-order valence-corrected chi connectivity index (χ4v) is 2.11. The Morgan fingerprint density at radius 2 is 1.82 bits per heavy atom. The van der Waals surface area contributed by atoms with Crippen molar-refractivity contribution in [3.63, 3.8) is 0 Å². The summed E-state index contributed by atoms with van der Waals surface area (Å²) < 4.78 is 0. The van der Waals surface area contributed by atoms with Gasteiger partial charge in [-0.3, -0.25) is 9.59 Å². The molecule has 0 aromatic rings. The molecule has 0 aromatic carbocycles. The smallest absolute Gasteiger partial charge is 0.308 e. The van der Waals surface area contributed by atoms with Crippen LogP contribution in [0.2, 0.25) is 0 Å². The molecule has 2 unspecified atom stereocenters. The molecule has 0 bridgehead atoms. The van der Waals surface area contributed by atoms with Crippen molar-refractivity contribution in [2.45, 2.75) is 6.42 Å². The molecule has 1 heterocycles. The minimum atomic E-state index is -1.01. The largest absolute Gasteiger partial charge is 0.481 e. The fraction of sp³-hybridized carbons (Fsp3) is 0.818. The molecular formula is C11H20N2O4. The summed E-state index contributed by atoms with van der Waals surface area (Å²) in [5, 5.41) is 18.0. The van der Waals surface area contributed by atoms with Crippen LogP contribution in [0.25, 0.3) is 0 Å². The Morgan fingerprint density at radius 1 is 1.24 bits per heavy atom.